The molecule has 3 aromatic carbocycles. The second-order valence-electron chi connectivity index (χ2n) is 5.95. The van der Waals surface area contributed by atoms with E-state index >= 15 is 0 Å². The molecule has 0 amide bonds. The summed E-state index contributed by atoms with van der Waals surface area (Å²) in [6.07, 6.45) is 1.63. The maximum absolute atomic E-state index is 9.79. The summed E-state index contributed by atoms with van der Waals surface area (Å²) in [5.41, 5.74) is 3.40. The van der Waals surface area contributed by atoms with Gasteiger partial charge < -0.3 is 4.74 Å². The number of rotatable bonds is 5. The normalized spacial score (nSPS) is 11.9. The Morgan fingerprint density at radius 2 is 1.83 bits per heavy atom. The highest BCUT2D eigenvalue weighted by molar-refractivity contribution is 5.85. The minimum atomic E-state index is -0.225. The number of methoxy groups -OCH3 is 1. The predicted molar refractivity (Wildman–Crippen MR) is 98.4 cm³/mol. The minimum absolute atomic E-state index is 0.225. The van der Waals surface area contributed by atoms with Gasteiger partial charge in [0.25, 0.3) is 0 Å². The first-order chi connectivity index (χ1) is 11.8. The Bertz CT molecular complexity index is 887. The number of aryl methyl sites for hydroxylation is 1. The van der Waals surface area contributed by atoms with Crippen LogP contribution in [0.4, 0.5) is 0 Å². The van der Waals surface area contributed by atoms with Crippen molar-refractivity contribution in [3.63, 3.8) is 0 Å². The predicted octanol–water partition coefficient (Wildman–Crippen LogP) is 5.26. The third kappa shape index (κ3) is 3.12. The number of ether oxygens (including phenoxy) is 1. The van der Waals surface area contributed by atoms with Gasteiger partial charge in [-0.3, -0.25) is 0 Å². The molecule has 0 aliphatic heterocycles. The van der Waals surface area contributed by atoms with Crippen LogP contribution < -0.4 is 4.74 Å². The first kappa shape index (κ1) is 16.1. The van der Waals surface area contributed by atoms with Crippen LogP contribution in [0.5, 0.6) is 5.75 Å². The number of fused-ring (bicyclic) bond motifs is 1. The monoisotopic (exact) mass is 315 g/mol. The molecule has 0 aliphatic carbocycles. The van der Waals surface area contributed by atoms with E-state index in [0.29, 0.717) is 6.42 Å². The summed E-state index contributed by atoms with van der Waals surface area (Å²) in [5, 5.41) is 12.2. The second kappa shape index (κ2) is 7.19. The molecule has 1 atom stereocenters. The third-order valence-corrected chi connectivity index (χ3v) is 4.54. The molecule has 3 aromatic rings. The lowest BCUT2D eigenvalue weighted by Crippen LogP contribution is -2.04. The zero-order valence-corrected chi connectivity index (χ0v) is 14.1. The number of nitrogens with zero attached hydrogens (tertiary/aromatic N) is 1. The Morgan fingerprint density at radius 3 is 2.58 bits per heavy atom. The van der Waals surface area contributed by atoms with Crippen LogP contribution >= 0.6 is 0 Å². The number of nitriles is 1. The first-order valence-corrected chi connectivity index (χ1v) is 8.30. The van der Waals surface area contributed by atoms with Gasteiger partial charge in [0.05, 0.1) is 19.1 Å². The van der Waals surface area contributed by atoms with Crippen LogP contribution in [0, 0.1) is 11.3 Å². The van der Waals surface area contributed by atoms with Gasteiger partial charge in [-0.1, -0.05) is 61.5 Å². The quantitative estimate of drug-likeness (QED) is 0.643. The summed E-state index contributed by atoms with van der Waals surface area (Å²) in [6.45, 7) is 2.12. The summed E-state index contributed by atoms with van der Waals surface area (Å²) < 4.78 is 5.50. The summed E-state index contributed by atoms with van der Waals surface area (Å²) in [6, 6.07) is 23.2. The van der Waals surface area contributed by atoms with Crippen molar-refractivity contribution in [1.82, 2.24) is 0 Å². The van der Waals surface area contributed by atoms with Gasteiger partial charge in [-0.15, -0.1) is 0 Å². The fourth-order valence-electron chi connectivity index (χ4n) is 3.19. The highest BCUT2D eigenvalue weighted by Gasteiger charge is 2.18. The summed E-state index contributed by atoms with van der Waals surface area (Å²) in [5.74, 6) is 0.566. The zero-order valence-electron chi connectivity index (χ0n) is 14.1. The van der Waals surface area contributed by atoms with Crippen molar-refractivity contribution < 1.29 is 4.74 Å². The molecular formula is C22H21NO. The Morgan fingerprint density at radius 1 is 1.04 bits per heavy atom. The van der Waals surface area contributed by atoms with E-state index in [-0.39, 0.29) is 5.92 Å². The molecule has 0 heterocycles. The number of hydrogen-bond acceptors (Lipinski definition) is 2. The maximum atomic E-state index is 9.79. The highest BCUT2D eigenvalue weighted by atomic mass is 16.5. The maximum Gasteiger partial charge on any atom is 0.123 e. The van der Waals surface area contributed by atoms with E-state index in [0.717, 1.165) is 17.7 Å². The molecule has 3 rings (SSSR count). The van der Waals surface area contributed by atoms with Crippen molar-refractivity contribution in [1.29, 1.82) is 5.26 Å². The van der Waals surface area contributed by atoms with Crippen LogP contribution in [0.25, 0.3) is 10.8 Å². The molecule has 24 heavy (non-hydrogen) atoms. The average Bonchev–Trinajstić information content (AvgIpc) is 2.65. The lowest BCUT2D eigenvalue weighted by Gasteiger charge is -2.16. The van der Waals surface area contributed by atoms with E-state index in [9.17, 15) is 5.26 Å². The molecule has 0 saturated carbocycles. The van der Waals surface area contributed by atoms with E-state index in [1.165, 1.54) is 21.9 Å². The molecule has 2 nitrogen and oxygen atoms in total. The van der Waals surface area contributed by atoms with Crippen LogP contribution in [0.15, 0.2) is 60.7 Å². The van der Waals surface area contributed by atoms with Gasteiger partial charge in [-0.2, -0.15) is 5.26 Å². The SMILES string of the molecule is CCc1ccc(OC)c(C(C#N)Cc2cccc3ccccc23)c1. The van der Waals surface area contributed by atoms with E-state index in [2.05, 4.69) is 55.5 Å². The van der Waals surface area contributed by atoms with Gasteiger partial charge in [-0.25, -0.2) is 0 Å². The fourth-order valence-corrected chi connectivity index (χ4v) is 3.19. The Kier molecular flexibility index (Phi) is 4.82. The smallest absolute Gasteiger partial charge is 0.123 e. The largest absolute Gasteiger partial charge is 0.496 e. The van der Waals surface area contributed by atoms with Crippen molar-refractivity contribution in [3.05, 3.63) is 77.4 Å². The third-order valence-electron chi connectivity index (χ3n) is 4.54. The molecule has 0 aromatic heterocycles. The Balaban J connectivity index is 2.02. The molecule has 0 fully saturated rings. The molecule has 0 N–H and O–H groups in total. The van der Waals surface area contributed by atoms with Crippen molar-refractivity contribution in [2.45, 2.75) is 25.7 Å². The van der Waals surface area contributed by atoms with Crippen LogP contribution in [-0.2, 0) is 12.8 Å². The van der Waals surface area contributed by atoms with E-state index in [1.807, 2.05) is 18.2 Å². The summed E-state index contributed by atoms with van der Waals surface area (Å²) in [4.78, 5) is 0. The summed E-state index contributed by atoms with van der Waals surface area (Å²) in [7, 11) is 1.66. The molecule has 0 aliphatic rings. The first-order valence-electron chi connectivity index (χ1n) is 8.30. The van der Waals surface area contributed by atoms with Gasteiger partial charge in [0.15, 0.2) is 0 Å². The molecule has 0 spiro atoms. The molecular weight excluding hydrogens is 294 g/mol. The highest BCUT2D eigenvalue weighted by Crippen LogP contribution is 2.32. The van der Waals surface area contributed by atoms with Crippen molar-refractivity contribution in [2.24, 2.45) is 0 Å². The number of benzene rings is 3. The number of hydrogen-bond donors (Lipinski definition) is 0. The molecule has 0 bridgehead atoms. The van der Waals surface area contributed by atoms with Crippen LogP contribution in [0.1, 0.15) is 29.5 Å². The molecule has 0 radical (unpaired) electrons. The topological polar surface area (TPSA) is 33.0 Å². The van der Waals surface area contributed by atoms with Gasteiger partial charge in [0.2, 0.25) is 0 Å². The van der Waals surface area contributed by atoms with Crippen molar-refractivity contribution >= 4 is 10.8 Å². The van der Waals surface area contributed by atoms with E-state index in [4.69, 9.17) is 4.74 Å². The Labute approximate surface area is 143 Å². The van der Waals surface area contributed by atoms with E-state index in [1.54, 1.807) is 7.11 Å². The van der Waals surface area contributed by atoms with Gasteiger partial charge in [-0.05, 0) is 40.8 Å². The second-order valence-corrected chi connectivity index (χ2v) is 5.95. The average molecular weight is 315 g/mol. The van der Waals surface area contributed by atoms with Crippen LogP contribution in [0.3, 0.4) is 0 Å². The van der Waals surface area contributed by atoms with Crippen molar-refractivity contribution in [2.75, 3.05) is 7.11 Å². The van der Waals surface area contributed by atoms with Crippen LogP contribution in [0.2, 0.25) is 0 Å². The zero-order chi connectivity index (χ0) is 16.9. The summed E-state index contributed by atoms with van der Waals surface area (Å²) >= 11 is 0. The lowest BCUT2D eigenvalue weighted by atomic mass is 9.89. The Hall–Kier alpha value is -2.79. The molecule has 1 unspecified atom stereocenters. The standard InChI is InChI=1S/C22H21NO/c1-3-16-11-12-22(24-2)21(13-16)19(15-23)14-18-9-6-8-17-7-4-5-10-20(17)18/h4-13,19H,3,14H2,1-2H3. The molecule has 120 valence electrons. The minimum Gasteiger partial charge on any atom is -0.496 e. The molecule has 2 heteroatoms. The van der Waals surface area contributed by atoms with Crippen LogP contribution in [-0.4, -0.2) is 7.11 Å². The van der Waals surface area contributed by atoms with Gasteiger partial charge in [0, 0.05) is 5.56 Å². The molecule has 0 saturated heterocycles. The lowest BCUT2D eigenvalue weighted by molar-refractivity contribution is 0.408. The van der Waals surface area contributed by atoms with Crippen molar-refractivity contribution in [3.8, 4) is 11.8 Å². The van der Waals surface area contributed by atoms with Gasteiger partial charge >= 0.3 is 0 Å². The fraction of sp³-hybridized carbons (Fsp3) is 0.227. The van der Waals surface area contributed by atoms with Gasteiger partial charge in [0.1, 0.15) is 5.75 Å². The van der Waals surface area contributed by atoms with E-state index < -0.39 is 0 Å².